The van der Waals surface area contributed by atoms with Crippen molar-refractivity contribution in [2.24, 2.45) is 4.40 Å². The van der Waals surface area contributed by atoms with Crippen LogP contribution in [0.15, 0.2) is 70.5 Å². The van der Waals surface area contributed by atoms with Gasteiger partial charge in [-0.3, -0.25) is 4.90 Å². The Morgan fingerprint density at radius 1 is 1.12 bits per heavy atom. The minimum Gasteiger partial charge on any atom is -0.341 e. The van der Waals surface area contributed by atoms with E-state index in [9.17, 15) is 12.8 Å². The maximum atomic E-state index is 13.9. The highest BCUT2D eigenvalue weighted by Crippen LogP contribution is 2.26. The molecule has 1 aliphatic heterocycles. The van der Waals surface area contributed by atoms with E-state index in [0.29, 0.717) is 30.2 Å². The molecule has 5 nitrogen and oxygen atoms in total. The first kappa shape index (κ1) is 17.3. The molecule has 1 N–H and O–H groups in total. The van der Waals surface area contributed by atoms with Crippen LogP contribution in [-0.4, -0.2) is 32.2 Å². The maximum absolute atomic E-state index is 13.9. The van der Waals surface area contributed by atoms with Gasteiger partial charge in [0.1, 0.15) is 16.5 Å². The van der Waals surface area contributed by atoms with Gasteiger partial charge < -0.3 is 5.32 Å². The highest BCUT2D eigenvalue weighted by molar-refractivity contribution is 7.90. The second kappa shape index (κ2) is 7.16. The number of sulfonamides is 1. The van der Waals surface area contributed by atoms with E-state index in [1.54, 1.807) is 42.5 Å². The number of fused-ring (bicyclic) bond motifs is 1. The minimum absolute atomic E-state index is 0.156. The van der Waals surface area contributed by atoms with Gasteiger partial charge in [0, 0.05) is 18.7 Å². The maximum Gasteiger partial charge on any atom is 0.286 e. The lowest BCUT2D eigenvalue weighted by Crippen LogP contribution is -2.35. The number of halogens is 1. The van der Waals surface area contributed by atoms with Gasteiger partial charge in [0.15, 0.2) is 0 Å². The third-order valence-corrected chi connectivity index (χ3v) is 5.16. The Morgan fingerprint density at radius 2 is 1.84 bits per heavy atom. The van der Waals surface area contributed by atoms with Crippen molar-refractivity contribution < 1.29 is 12.8 Å². The highest BCUT2D eigenvalue weighted by atomic mass is 32.2. The topological polar surface area (TPSA) is 61.8 Å². The number of hydrogen-bond donors (Lipinski definition) is 1. The zero-order valence-electron chi connectivity index (χ0n) is 13.5. The highest BCUT2D eigenvalue weighted by Gasteiger charge is 2.25. The van der Waals surface area contributed by atoms with Crippen molar-refractivity contribution in [1.82, 2.24) is 4.90 Å². The van der Waals surface area contributed by atoms with Crippen LogP contribution in [0.5, 0.6) is 0 Å². The summed E-state index contributed by atoms with van der Waals surface area (Å²) in [4.78, 5) is 2.02. The van der Waals surface area contributed by atoms with Crippen molar-refractivity contribution >= 4 is 21.5 Å². The van der Waals surface area contributed by atoms with Gasteiger partial charge in [-0.1, -0.05) is 36.4 Å². The van der Waals surface area contributed by atoms with Gasteiger partial charge in [0.05, 0.1) is 12.2 Å². The molecular formula is C18H18FN3O2S. The Balaban J connectivity index is 1.83. The van der Waals surface area contributed by atoms with Crippen LogP contribution in [0.1, 0.15) is 5.56 Å². The Hall–Kier alpha value is -2.51. The predicted octanol–water partition coefficient (Wildman–Crippen LogP) is 3.03. The SMILES string of the molecule is C=CCN(CC1=NS(=O)(=O)c2ccccc2N1)Cc1ccccc1F. The first-order chi connectivity index (χ1) is 12.0. The summed E-state index contributed by atoms with van der Waals surface area (Å²) in [7, 11) is -3.73. The fraction of sp³-hybridized carbons (Fsp3) is 0.167. The number of hydrogen-bond acceptors (Lipinski definition) is 4. The molecule has 0 aromatic heterocycles. The molecule has 1 heterocycles. The predicted molar refractivity (Wildman–Crippen MR) is 96.6 cm³/mol. The molecule has 0 saturated carbocycles. The Bertz CT molecular complexity index is 925. The van der Waals surface area contributed by atoms with Crippen LogP contribution < -0.4 is 5.32 Å². The Kier molecular flexibility index (Phi) is 4.96. The van der Waals surface area contributed by atoms with Crippen molar-refractivity contribution in [3.8, 4) is 0 Å². The smallest absolute Gasteiger partial charge is 0.286 e. The molecule has 1 aliphatic rings. The van der Waals surface area contributed by atoms with E-state index in [0.717, 1.165) is 0 Å². The number of amidine groups is 1. The summed E-state index contributed by atoms with van der Waals surface area (Å²) in [5.41, 5.74) is 1.03. The van der Waals surface area contributed by atoms with Gasteiger partial charge in [-0.25, -0.2) is 4.39 Å². The van der Waals surface area contributed by atoms with E-state index >= 15 is 0 Å². The normalized spacial score (nSPS) is 15.2. The molecule has 0 bridgehead atoms. The number of anilines is 1. The summed E-state index contributed by atoms with van der Waals surface area (Å²) in [5.74, 6) is 0.00459. The Morgan fingerprint density at radius 3 is 2.60 bits per heavy atom. The van der Waals surface area contributed by atoms with Crippen molar-refractivity contribution in [1.29, 1.82) is 0 Å². The van der Waals surface area contributed by atoms with Gasteiger partial charge in [-0.2, -0.15) is 8.42 Å². The first-order valence-corrected chi connectivity index (χ1v) is 9.20. The van der Waals surface area contributed by atoms with Gasteiger partial charge in [-0.05, 0) is 18.2 Å². The number of nitrogens with one attached hydrogen (secondary N) is 1. The third kappa shape index (κ3) is 3.94. The molecule has 0 saturated heterocycles. The average Bonchev–Trinajstić information content (AvgIpc) is 2.56. The minimum atomic E-state index is -3.73. The molecule has 0 fully saturated rings. The summed E-state index contributed by atoms with van der Waals surface area (Å²) in [6, 6.07) is 13.1. The first-order valence-electron chi connectivity index (χ1n) is 7.76. The molecule has 7 heteroatoms. The van der Waals surface area contributed by atoms with Crippen LogP contribution in [0.2, 0.25) is 0 Å². The lowest BCUT2D eigenvalue weighted by Gasteiger charge is -2.25. The quantitative estimate of drug-likeness (QED) is 0.806. The molecule has 130 valence electrons. The van der Waals surface area contributed by atoms with Crippen molar-refractivity contribution in [2.75, 3.05) is 18.4 Å². The number of para-hydroxylation sites is 1. The fourth-order valence-electron chi connectivity index (χ4n) is 2.68. The summed E-state index contributed by atoms with van der Waals surface area (Å²) >= 11 is 0. The van der Waals surface area contributed by atoms with E-state index in [-0.39, 0.29) is 17.3 Å². The summed E-state index contributed by atoms with van der Waals surface area (Å²) in [6.45, 7) is 4.73. The molecule has 25 heavy (non-hydrogen) atoms. The zero-order valence-corrected chi connectivity index (χ0v) is 14.3. The van der Waals surface area contributed by atoms with Crippen LogP contribution in [0, 0.1) is 5.82 Å². The van der Waals surface area contributed by atoms with Crippen LogP contribution in [0.4, 0.5) is 10.1 Å². The van der Waals surface area contributed by atoms with Crippen molar-refractivity contribution in [2.45, 2.75) is 11.4 Å². The lowest BCUT2D eigenvalue weighted by atomic mass is 10.2. The molecule has 2 aromatic rings. The van der Waals surface area contributed by atoms with Crippen LogP contribution in [0.3, 0.4) is 0 Å². The van der Waals surface area contributed by atoms with E-state index in [4.69, 9.17) is 0 Å². The molecule has 0 atom stereocenters. The number of benzene rings is 2. The van der Waals surface area contributed by atoms with Crippen LogP contribution >= 0.6 is 0 Å². The van der Waals surface area contributed by atoms with Gasteiger partial charge in [0.25, 0.3) is 10.0 Å². The number of nitrogens with zero attached hydrogens (tertiary/aromatic N) is 2. The van der Waals surface area contributed by atoms with E-state index in [2.05, 4.69) is 16.3 Å². The van der Waals surface area contributed by atoms with E-state index in [1.807, 2.05) is 4.90 Å². The second-order valence-electron chi connectivity index (χ2n) is 5.68. The number of rotatable bonds is 6. The van der Waals surface area contributed by atoms with Crippen molar-refractivity contribution in [3.63, 3.8) is 0 Å². The summed E-state index contributed by atoms with van der Waals surface area (Å²) in [6.07, 6.45) is 1.69. The fourth-order valence-corrected chi connectivity index (χ4v) is 3.82. The average molecular weight is 359 g/mol. The molecule has 2 aromatic carbocycles. The van der Waals surface area contributed by atoms with Gasteiger partial charge >= 0.3 is 0 Å². The molecule has 0 aliphatic carbocycles. The molecule has 0 radical (unpaired) electrons. The molecule has 0 unspecified atom stereocenters. The van der Waals surface area contributed by atoms with Crippen molar-refractivity contribution in [3.05, 3.63) is 72.6 Å². The van der Waals surface area contributed by atoms with E-state index in [1.165, 1.54) is 12.1 Å². The standard InChI is InChI=1S/C18H18FN3O2S/c1-2-11-22(12-14-7-3-4-8-15(14)19)13-18-20-16-9-5-6-10-17(16)25(23,24)21-18/h2-10H,1,11-13H2,(H,20,21). The van der Waals surface area contributed by atoms with Crippen LogP contribution in [0.25, 0.3) is 0 Å². The monoisotopic (exact) mass is 359 g/mol. The second-order valence-corrected chi connectivity index (χ2v) is 7.26. The molecular weight excluding hydrogens is 341 g/mol. The van der Waals surface area contributed by atoms with Crippen LogP contribution in [-0.2, 0) is 16.6 Å². The lowest BCUT2D eigenvalue weighted by molar-refractivity contribution is 0.331. The van der Waals surface area contributed by atoms with Gasteiger partial charge in [-0.15, -0.1) is 11.0 Å². The Labute approximate surface area is 146 Å². The zero-order chi connectivity index (χ0) is 17.9. The molecule has 3 rings (SSSR count). The summed E-state index contributed by atoms with van der Waals surface area (Å²) < 4.78 is 42.4. The largest absolute Gasteiger partial charge is 0.341 e. The third-order valence-electron chi connectivity index (χ3n) is 3.79. The summed E-state index contributed by atoms with van der Waals surface area (Å²) in [5, 5.41) is 3.04. The molecule has 0 amide bonds. The molecule has 0 spiro atoms. The van der Waals surface area contributed by atoms with Gasteiger partial charge in [0.2, 0.25) is 0 Å². The van der Waals surface area contributed by atoms with E-state index < -0.39 is 10.0 Å².